The Labute approximate surface area is 217 Å². The highest BCUT2D eigenvalue weighted by Gasteiger charge is 2.38. The van der Waals surface area contributed by atoms with Crippen LogP contribution in [0, 0.1) is 0 Å². The Morgan fingerprint density at radius 2 is 1.51 bits per heavy atom. The summed E-state index contributed by atoms with van der Waals surface area (Å²) in [5.74, 6) is -1.38. The molecule has 1 aliphatic heterocycles. The van der Waals surface area contributed by atoms with E-state index in [9.17, 15) is 19.2 Å². The van der Waals surface area contributed by atoms with Crippen LogP contribution in [0.15, 0.2) is 83.5 Å². The molecule has 3 aromatic rings. The molecular formula is C27H23ClN4O5. The number of nitrogens with zero attached hydrogens (tertiary/aromatic N) is 1. The quantitative estimate of drug-likeness (QED) is 0.369. The standard InChI is InChI=1S/C27H23ClN4O5/c1-2-37-21-13-11-20(12-14-21)32-26(35)23(28)24(27(32)36)31-19-7-3-16(4-8-19)15-22(33)30-18-9-5-17(6-10-18)25(29)34/h3-14,31H,2,15H2,1H3,(H2,29,34)(H,30,33). The van der Waals surface area contributed by atoms with Gasteiger partial charge in [0.1, 0.15) is 16.5 Å². The van der Waals surface area contributed by atoms with Crippen LogP contribution < -0.4 is 26.0 Å². The highest BCUT2D eigenvalue weighted by Crippen LogP contribution is 2.31. The van der Waals surface area contributed by atoms with Gasteiger partial charge in [0.05, 0.1) is 18.7 Å². The lowest BCUT2D eigenvalue weighted by atomic mass is 10.1. The van der Waals surface area contributed by atoms with Crippen LogP contribution in [0.1, 0.15) is 22.8 Å². The molecule has 0 radical (unpaired) electrons. The topological polar surface area (TPSA) is 131 Å². The van der Waals surface area contributed by atoms with Crippen molar-refractivity contribution in [2.45, 2.75) is 13.3 Å². The van der Waals surface area contributed by atoms with Crippen molar-refractivity contribution in [2.24, 2.45) is 5.73 Å². The number of halogens is 1. The summed E-state index contributed by atoms with van der Waals surface area (Å²) in [7, 11) is 0. The van der Waals surface area contributed by atoms with Gasteiger partial charge in [-0.3, -0.25) is 19.2 Å². The molecule has 0 aromatic heterocycles. The summed E-state index contributed by atoms with van der Waals surface area (Å²) in [6.07, 6.45) is 0.101. The van der Waals surface area contributed by atoms with Gasteiger partial charge in [0.2, 0.25) is 11.8 Å². The van der Waals surface area contributed by atoms with Crippen molar-refractivity contribution < 1.29 is 23.9 Å². The Morgan fingerprint density at radius 1 is 0.892 bits per heavy atom. The third-order valence-corrected chi connectivity index (χ3v) is 5.83. The van der Waals surface area contributed by atoms with Crippen LogP contribution >= 0.6 is 11.6 Å². The van der Waals surface area contributed by atoms with Crippen LogP contribution in [-0.4, -0.2) is 30.2 Å². The van der Waals surface area contributed by atoms with E-state index in [4.69, 9.17) is 22.1 Å². The van der Waals surface area contributed by atoms with Crippen LogP contribution in [-0.2, 0) is 20.8 Å². The minimum Gasteiger partial charge on any atom is -0.494 e. The van der Waals surface area contributed by atoms with Crippen molar-refractivity contribution in [3.63, 3.8) is 0 Å². The number of amides is 4. The Balaban J connectivity index is 1.38. The van der Waals surface area contributed by atoms with Gasteiger partial charge >= 0.3 is 0 Å². The van der Waals surface area contributed by atoms with Gasteiger partial charge in [0, 0.05) is 16.9 Å². The molecule has 0 aliphatic carbocycles. The first-order chi connectivity index (χ1) is 17.8. The van der Waals surface area contributed by atoms with Gasteiger partial charge < -0.3 is 21.1 Å². The SMILES string of the molecule is CCOc1ccc(N2C(=O)C(Cl)=C(Nc3ccc(CC(=O)Nc4ccc(C(N)=O)cc4)cc3)C2=O)cc1. The average molecular weight is 519 g/mol. The summed E-state index contributed by atoms with van der Waals surface area (Å²) < 4.78 is 5.40. The number of carbonyl (C=O) groups excluding carboxylic acids is 4. The summed E-state index contributed by atoms with van der Waals surface area (Å²) in [6.45, 7) is 2.36. The van der Waals surface area contributed by atoms with E-state index < -0.39 is 17.7 Å². The molecule has 0 bridgehead atoms. The zero-order valence-corrected chi connectivity index (χ0v) is 20.5. The maximum absolute atomic E-state index is 13.0. The van der Waals surface area contributed by atoms with Gasteiger partial charge in [-0.05, 0) is 73.2 Å². The second-order valence-electron chi connectivity index (χ2n) is 8.05. The molecule has 3 aromatic carbocycles. The molecule has 4 rings (SSSR count). The van der Waals surface area contributed by atoms with E-state index in [1.165, 1.54) is 12.1 Å². The van der Waals surface area contributed by atoms with Crippen LogP contribution in [0.2, 0.25) is 0 Å². The van der Waals surface area contributed by atoms with Crippen LogP contribution in [0.3, 0.4) is 0 Å². The predicted molar refractivity (Wildman–Crippen MR) is 140 cm³/mol. The zero-order chi connectivity index (χ0) is 26.5. The number of ether oxygens (including phenoxy) is 1. The van der Waals surface area contributed by atoms with E-state index in [-0.39, 0.29) is 23.1 Å². The Morgan fingerprint density at radius 3 is 2.11 bits per heavy atom. The molecule has 9 nitrogen and oxygen atoms in total. The molecule has 1 aliphatic rings. The zero-order valence-electron chi connectivity index (χ0n) is 19.8. The highest BCUT2D eigenvalue weighted by atomic mass is 35.5. The van der Waals surface area contributed by atoms with Gasteiger partial charge in [0.25, 0.3) is 11.8 Å². The van der Waals surface area contributed by atoms with Gasteiger partial charge in [-0.2, -0.15) is 0 Å². The number of benzene rings is 3. The second-order valence-corrected chi connectivity index (χ2v) is 8.43. The lowest BCUT2D eigenvalue weighted by Gasteiger charge is -2.15. The summed E-state index contributed by atoms with van der Waals surface area (Å²) in [4.78, 5) is 50.2. The molecule has 0 saturated carbocycles. The first-order valence-corrected chi connectivity index (χ1v) is 11.7. The number of hydrogen-bond acceptors (Lipinski definition) is 6. The maximum Gasteiger partial charge on any atom is 0.283 e. The van der Waals surface area contributed by atoms with Crippen LogP contribution in [0.4, 0.5) is 17.1 Å². The molecule has 37 heavy (non-hydrogen) atoms. The minimum absolute atomic E-state index is 0.0366. The average Bonchev–Trinajstić information content (AvgIpc) is 3.09. The van der Waals surface area contributed by atoms with E-state index in [1.54, 1.807) is 60.7 Å². The van der Waals surface area contributed by atoms with Crippen molar-refractivity contribution in [3.8, 4) is 5.75 Å². The van der Waals surface area contributed by atoms with E-state index in [0.717, 1.165) is 10.5 Å². The molecule has 188 valence electrons. The molecule has 0 saturated heterocycles. The van der Waals surface area contributed by atoms with Gasteiger partial charge in [-0.15, -0.1) is 0 Å². The summed E-state index contributed by atoms with van der Waals surface area (Å²) in [5, 5.41) is 5.44. The maximum atomic E-state index is 13.0. The Hall–Kier alpha value is -4.63. The summed E-state index contributed by atoms with van der Waals surface area (Å²) >= 11 is 6.21. The molecule has 0 atom stereocenters. The third-order valence-electron chi connectivity index (χ3n) is 5.47. The molecule has 0 unspecified atom stereocenters. The molecule has 1 heterocycles. The van der Waals surface area contributed by atoms with Gasteiger partial charge in [0.15, 0.2) is 0 Å². The van der Waals surface area contributed by atoms with Crippen molar-refractivity contribution in [1.82, 2.24) is 0 Å². The first-order valence-electron chi connectivity index (χ1n) is 11.3. The molecule has 10 heteroatoms. The summed E-state index contributed by atoms with van der Waals surface area (Å²) in [5.41, 5.74) is 7.69. The fourth-order valence-corrected chi connectivity index (χ4v) is 3.88. The summed E-state index contributed by atoms with van der Waals surface area (Å²) in [6, 6.07) is 19.6. The largest absolute Gasteiger partial charge is 0.494 e. The van der Waals surface area contributed by atoms with Crippen molar-refractivity contribution in [2.75, 3.05) is 22.1 Å². The smallest absolute Gasteiger partial charge is 0.283 e. The minimum atomic E-state index is -0.629. The molecule has 0 spiro atoms. The fraction of sp³-hybridized carbons (Fsp3) is 0.111. The highest BCUT2D eigenvalue weighted by molar-refractivity contribution is 6.53. The van der Waals surface area contributed by atoms with E-state index in [2.05, 4.69) is 10.6 Å². The van der Waals surface area contributed by atoms with Crippen molar-refractivity contribution in [3.05, 3.63) is 94.7 Å². The van der Waals surface area contributed by atoms with E-state index >= 15 is 0 Å². The molecule has 4 amide bonds. The number of anilines is 3. The monoisotopic (exact) mass is 518 g/mol. The fourth-order valence-electron chi connectivity index (χ4n) is 3.66. The number of hydrogen-bond donors (Lipinski definition) is 3. The number of nitrogens with two attached hydrogens (primary N) is 1. The van der Waals surface area contributed by atoms with E-state index in [1.807, 2.05) is 6.92 Å². The lowest BCUT2D eigenvalue weighted by molar-refractivity contribution is -0.120. The van der Waals surface area contributed by atoms with Crippen molar-refractivity contribution in [1.29, 1.82) is 0 Å². The number of imide groups is 1. The van der Waals surface area contributed by atoms with Gasteiger partial charge in [-0.25, -0.2) is 4.90 Å². The number of primary amides is 1. The van der Waals surface area contributed by atoms with Crippen LogP contribution in [0.5, 0.6) is 5.75 Å². The molecular weight excluding hydrogens is 496 g/mol. The second kappa shape index (κ2) is 11.0. The molecule has 4 N–H and O–H groups in total. The Kier molecular flexibility index (Phi) is 7.55. The van der Waals surface area contributed by atoms with Crippen molar-refractivity contribution >= 4 is 52.3 Å². The number of carbonyl (C=O) groups is 4. The molecule has 0 fully saturated rings. The number of rotatable bonds is 9. The number of nitrogens with one attached hydrogen (secondary N) is 2. The van der Waals surface area contributed by atoms with Crippen LogP contribution in [0.25, 0.3) is 0 Å². The predicted octanol–water partition coefficient (Wildman–Crippen LogP) is 3.80. The van der Waals surface area contributed by atoms with E-state index in [0.29, 0.717) is 35.0 Å². The first kappa shape index (κ1) is 25.5. The van der Waals surface area contributed by atoms with Gasteiger partial charge in [-0.1, -0.05) is 23.7 Å². The third kappa shape index (κ3) is 5.79. The Bertz CT molecular complexity index is 1380. The normalized spacial score (nSPS) is 13.1. The lowest BCUT2D eigenvalue weighted by Crippen LogP contribution is -2.32.